The van der Waals surface area contributed by atoms with E-state index in [0.717, 1.165) is 18.5 Å². The molecule has 5 nitrogen and oxygen atoms in total. The molecule has 0 spiro atoms. The first-order valence-corrected chi connectivity index (χ1v) is 9.16. The zero-order chi connectivity index (χ0) is 16.5. The number of nitrogens with zero attached hydrogens (tertiary/aromatic N) is 1. The summed E-state index contributed by atoms with van der Waals surface area (Å²) in [5.41, 5.74) is 2.07. The Kier molecular flexibility index (Phi) is 7.42. The summed E-state index contributed by atoms with van der Waals surface area (Å²) < 4.78 is 5.22. The molecular weight excluding hydrogens is 312 g/mol. The quantitative estimate of drug-likeness (QED) is 0.829. The summed E-state index contributed by atoms with van der Waals surface area (Å²) in [6.07, 6.45) is 2.16. The Labute approximate surface area is 141 Å². The predicted molar refractivity (Wildman–Crippen MR) is 93.8 cm³/mol. The van der Waals surface area contributed by atoms with Crippen LogP contribution in [0.15, 0.2) is 24.3 Å². The van der Waals surface area contributed by atoms with Crippen molar-refractivity contribution in [3.05, 3.63) is 29.8 Å². The fourth-order valence-electron chi connectivity index (χ4n) is 2.38. The van der Waals surface area contributed by atoms with Crippen LogP contribution >= 0.6 is 11.8 Å². The highest BCUT2D eigenvalue weighted by Crippen LogP contribution is 2.12. The average molecular weight is 336 g/mol. The minimum Gasteiger partial charge on any atom is -0.378 e. The number of hydrogen-bond acceptors (Lipinski definition) is 4. The van der Waals surface area contributed by atoms with Gasteiger partial charge in [0.2, 0.25) is 11.8 Å². The maximum Gasteiger partial charge on any atom is 0.234 e. The molecule has 0 unspecified atom stereocenters. The lowest BCUT2D eigenvalue weighted by Crippen LogP contribution is -2.41. The molecule has 1 heterocycles. The van der Waals surface area contributed by atoms with Crippen LogP contribution in [-0.2, 0) is 20.7 Å². The molecule has 0 aromatic heterocycles. The van der Waals surface area contributed by atoms with Crippen molar-refractivity contribution in [3.63, 3.8) is 0 Å². The summed E-state index contributed by atoms with van der Waals surface area (Å²) in [6, 6.07) is 7.92. The Morgan fingerprint density at radius 1 is 1.17 bits per heavy atom. The first-order valence-electron chi connectivity index (χ1n) is 8.01. The number of rotatable bonds is 7. The van der Waals surface area contributed by atoms with Gasteiger partial charge in [0.15, 0.2) is 0 Å². The summed E-state index contributed by atoms with van der Waals surface area (Å²) in [7, 11) is 0. The van der Waals surface area contributed by atoms with Crippen molar-refractivity contribution in [2.75, 3.05) is 43.1 Å². The normalized spacial score (nSPS) is 14.6. The standard InChI is InChI=1S/C17H24N2O3S/c1-2-3-14-4-6-15(7-5-14)18-16(20)12-23-13-17(21)19-8-10-22-11-9-19/h4-7H,2-3,8-13H2,1H3,(H,18,20). The molecule has 1 aliphatic heterocycles. The first kappa shape index (κ1) is 17.8. The number of benzene rings is 1. The highest BCUT2D eigenvalue weighted by atomic mass is 32.2. The van der Waals surface area contributed by atoms with E-state index >= 15 is 0 Å². The van der Waals surface area contributed by atoms with Crippen LogP contribution < -0.4 is 5.32 Å². The lowest BCUT2D eigenvalue weighted by atomic mass is 10.1. The second kappa shape index (κ2) is 9.57. The van der Waals surface area contributed by atoms with Gasteiger partial charge >= 0.3 is 0 Å². The molecule has 1 aromatic rings. The Balaban J connectivity index is 1.67. The molecule has 0 saturated carbocycles. The van der Waals surface area contributed by atoms with Crippen molar-refractivity contribution in [1.29, 1.82) is 0 Å². The highest BCUT2D eigenvalue weighted by molar-refractivity contribution is 8.00. The maximum absolute atomic E-state index is 12.0. The SMILES string of the molecule is CCCc1ccc(NC(=O)CSCC(=O)N2CCOCC2)cc1. The molecule has 6 heteroatoms. The molecule has 23 heavy (non-hydrogen) atoms. The van der Waals surface area contributed by atoms with Crippen LogP contribution in [-0.4, -0.2) is 54.5 Å². The van der Waals surface area contributed by atoms with E-state index in [4.69, 9.17) is 4.74 Å². The van der Waals surface area contributed by atoms with Crippen LogP contribution in [0.4, 0.5) is 5.69 Å². The van der Waals surface area contributed by atoms with Crippen molar-refractivity contribution in [2.45, 2.75) is 19.8 Å². The Hall–Kier alpha value is -1.53. The van der Waals surface area contributed by atoms with Gasteiger partial charge in [-0.25, -0.2) is 0 Å². The summed E-state index contributed by atoms with van der Waals surface area (Å²) in [4.78, 5) is 25.7. The number of hydrogen-bond donors (Lipinski definition) is 1. The topological polar surface area (TPSA) is 58.6 Å². The molecule has 1 N–H and O–H groups in total. The maximum atomic E-state index is 12.0. The Bertz CT molecular complexity index is 513. The molecule has 1 saturated heterocycles. The molecule has 1 aliphatic rings. The summed E-state index contributed by atoms with van der Waals surface area (Å²) in [6.45, 7) is 4.65. The summed E-state index contributed by atoms with van der Waals surface area (Å²) >= 11 is 1.35. The molecule has 126 valence electrons. The lowest BCUT2D eigenvalue weighted by molar-refractivity contribution is -0.132. The summed E-state index contributed by atoms with van der Waals surface area (Å²) in [5, 5.41) is 2.86. The number of carbonyl (C=O) groups is 2. The number of aryl methyl sites for hydroxylation is 1. The largest absolute Gasteiger partial charge is 0.378 e. The van der Waals surface area contributed by atoms with Crippen LogP contribution in [0.2, 0.25) is 0 Å². The van der Waals surface area contributed by atoms with Crippen LogP contribution in [0.25, 0.3) is 0 Å². The van der Waals surface area contributed by atoms with Crippen LogP contribution in [0.1, 0.15) is 18.9 Å². The fourth-order valence-corrected chi connectivity index (χ4v) is 3.09. The number of anilines is 1. The second-order valence-electron chi connectivity index (χ2n) is 5.48. The minimum atomic E-state index is -0.0759. The monoisotopic (exact) mass is 336 g/mol. The number of morpholine rings is 1. The van der Waals surface area contributed by atoms with Crippen molar-refractivity contribution in [3.8, 4) is 0 Å². The first-order chi connectivity index (χ1) is 11.2. The van der Waals surface area contributed by atoms with E-state index in [1.54, 1.807) is 4.90 Å². The fraction of sp³-hybridized carbons (Fsp3) is 0.529. The third kappa shape index (κ3) is 6.23. The number of amides is 2. The third-order valence-corrected chi connectivity index (χ3v) is 4.52. The smallest absolute Gasteiger partial charge is 0.234 e. The Morgan fingerprint density at radius 3 is 2.52 bits per heavy atom. The van der Waals surface area contributed by atoms with Crippen molar-refractivity contribution < 1.29 is 14.3 Å². The molecule has 0 atom stereocenters. The van der Waals surface area contributed by atoms with Crippen LogP contribution in [0, 0.1) is 0 Å². The van der Waals surface area contributed by atoms with Crippen LogP contribution in [0.5, 0.6) is 0 Å². The van der Waals surface area contributed by atoms with E-state index in [0.29, 0.717) is 32.1 Å². The Morgan fingerprint density at radius 2 is 1.87 bits per heavy atom. The average Bonchev–Trinajstić information content (AvgIpc) is 2.57. The van der Waals surface area contributed by atoms with Gasteiger partial charge in [0, 0.05) is 18.8 Å². The van der Waals surface area contributed by atoms with E-state index in [1.165, 1.54) is 17.3 Å². The molecule has 0 radical (unpaired) electrons. The van der Waals surface area contributed by atoms with Gasteiger partial charge in [-0.2, -0.15) is 0 Å². The predicted octanol–water partition coefficient (Wildman–Crippen LogP) is 2.17. The van der Waals surface area contributed by atoms with Gasteiger partial charge in [-0.05, 0) is 24.1 Å². The molecule has 1 aromatic carbocycles. The van der Waals surface area contributed by atoms with Gasteiger partial charge in [-0.15, -0.1) is 11.8 Å². The van der Waals surface area contributed by atoms with Gasteiger partial charge < -0.3 is 15.0 Å². The van der Waals surface area contributed by atoms with Gasteiger partial charge in [0.25, 0.3) is 0 Å². The lowest BCUT2D eigenvalue weighted by Gasteiger charge is -2.26. The van der Waals surface area contributed by atoms with E-state index in [9.17, 15) is 9.59 Å². The van der Waals surface area contributed by atoms with E-state index in [1.807, 2.05) is 24.3 Å². The molecule has 2 rings (SSSR count). The second-order valence-corrected chi connectivity index (χ2v) is 6.47. The third-order valence-electron chi connectivity index (χ3n) is 3.60. The van der Waals surface area contributed by atoms with E-state index in [2.05, 4.69) is 12.2 Å². The number of thioether (sulfide) groups is 1. The van der Waals surface area contributed by atoms with E-state index in [-0.39, 0.29) is 17.6 Å². The zero-order valence-corrected chi connectivity index (χ0v) is 14.4. The van der Waals surface area contributed by atoms with Gasteiger partial charge in [0.1, 0.15) is 0 Å². The van der Waals surface area contributed by atoms with Crippen LogP contribution in [0.3, 0.4) is 0 Å². The van der Waals surface area contributed by atoms with Gasteiger partial charge in [0.05, 0.1) is 24.7 Å². The molecule has 2 amide bonds. The number of ether oxygens (including phenoxy) is 1. The number of carbonyl (C=O) groups excluding carboxylic acids is 2. The highest BCUT2D eigenvalue weighted by Gasteiger charge is 2.16. The number of nitrogens with one attached hydrogen (secondary N) is 1. The molecule has 0 aliphatic carbocycles. The van der Waals surface area contributed by atoms with Gasteiger partial charge in [-0.1, -0.05) is 25.5 Å². The zero-order valence-electron chi connectivity index (χ0n) is 13.5. The molecular formula is C17H24N2O3S. The minimum absolute atomic E-state index is 0.0759. The van der Waals surface area contributed by atoms with E-state index < -0.39 is 0 Å². The van der Waals surface area contributed by atoms with Crippen molar-refractivity contribution in [1.82, 2.24) is 4.90 Å². The summed E-state index contributed by atoms with van der Waals surface area (Å²) in [5.74, 6) is 0.623. The molecule has 1 fully saturated rings. The van der Waals surface area contributed by atoms with Gasteiger partial charge in [-0.3, -0.25) is 9.59 Å². The van der Waals surface area contributed by atoms with Crippen molar-refractivity contribution >= 4 is 29.3 Å². The van der Waals surface area contributed by atoms with Crippen molar-refractivity contribution in [2.24, 2.45) is 0 Å². The molecule has 0 bridgehead atoms.